The Morgan fingerprint density at radius 3 is 3.27 bits per heavy atom. The molecule has 2 unspecified atom stereocenters. The molecule has 0 aromatic heterocycles. The summed E-state index contributed by atoms with van der Waals surface area (Å²) in [7, 11) is 0. The second-order valence-corrected chi connectivity index (χ2v) is 4.32. The molecule has 1 aliphatic carbocycles. The summed E-state index contributed by atoms with van der Waals surface area (Å²) in [5.41, 5.74) is 0.646. The summed E-state index contributed by atoms with van der Waals surface area (Å²) in [5.74, 6) is 0.149. The van der Waals surface area contributed by atoms with Crippen molar-refractivity contribution in [2.45, 2.75) is 45.1 Å². The summed E-state index contributed by atoms with van der Waals surface area (Å²) in [6, 6.07) is 0. The number of fused-ring (bicyclic) bond motifs is 1. The molecule has 2 rings (SSSR count). The highest BCUT2D eigenvalue weighted by Gasteiger charge is 2.52. The molecule has 1 saturated carbocycles. The van der Waals surface area contributed by atoms with Crippen LogP contribution in [0.4, 0.5) is 0 Å². The van der Waals surface area contributed by atoms with E-state index in [-0.39, 0.29) is 11.6 Å². The Balaban J connectivity index is 2.04. The van der Waals surface area contributed by atoms with Crippen molar-refractivity contribution in [1.82, 2.24) is 0 Å². The van der Waals surface area contributed by atoms with Crippen LogP contribution < -0.4 is 0 Å². The molecule has 0 bridgehead atoms. The van der Waals surface area contributed by atoms with Gasteiger partial charge in [0.25, 0.3) is 0 Å². The Morgan fingerprint density at radius 1 is 1.73 bits per heavy atom. The van der Waals surface area contributed by atoms with Gasteiger partial charge in [-0.15, -0.1) is 0 Å². The van der Waals surface area contributed by atoms with Crippen molar-refractivity contribution in [3.63, 3.8) is 0 Å². The van der Waals surface area contributed by atoms with E-state index in [0.29, 0.717) is 18.9 Å². The first-order valence-corrected chi connectivity index (χ1v) is 5.56. The zero-order valence-electron chi connectivity index (χ0n) is 9.28. The molecule has 0 N–H and O–H groups in total. The van der Waals surface area contributed by atoms with Crippen LogP contribution in [0, 0.1) is 5.92 Å². The number of hydrogen-bond donors (Lipinski definition) is 0. The number of rotatable bonds is 3. The van der Waals surface area contributed by atoms with Crippen molar-refractivity contribution in [1.29, 1.82) is 0 Å². The third-order valence-electron chi connectivity index (χ3n) is 3.35. The molecule has 2 aliphatic rings. The fourth-order valence-corrected chi connectivity index (χ4v) is 2.67. The largest absolute Gasteiger partial charge is 0.466 e. The molecule has 0 radical (unpaired) electrons. The number of hydrogen-bond acceptors (Lipinski definition) is 4. The van der Waals surface area contributed by atoms with E-state index in [0.717, 1.165) is 25.0 Å². The lowest BCUT2D eigenvalue weighted by atomic mass is 9.85. The molecule has 4 nitrogen and oxygen atoms in total. The Hall–Kier alpha value is -1.06. The predicted molar refractivity (Wildman–Crippen MR) is 55.5 cm³/mol. The summed E-state index contributed by atoms with van der Waals surface area (Å²) in [5, 5.41) is 4.01. The highest BCUT2D eigenvalue weighted by Crippen LogP contribution is 2.46. The van der Waals surface area contributed by atoms with Gasteiger partial charge in [-0.2, -0.15) is 0 Å². The first kappa shape index (κ1) is 10.5. The Kier molecular flexibility index (Phi) is 2.67. The fraction of sp³-hybridized carbons (Fsp3) is 0.818. The Labute approximate surface area is 89.6 Å². The third-order valence-corrected chi connectivity index (χ3v) is 3.35. The molecule has 0 spiro atoms. The van der Waals surface area contributed by atoms with E-state index in [2.05, 4.69) is 5.16 Å². The number of carbonyl (C=O) groups is 1. The zero-order chi connectivity index (χ0) is 10.9. The molecule has 0 aromatic rings. The maximum absolute atomic E-state index is 11.5. The van der Waals surface area contributed by atoms with Gasteiger partial charge in [-0.25, -0.2) is 0 Å². The van der Waals surface area contributed by atoms with Crippen LogP contribution in [0.1, 0.15) is 39.5 Å². The third kappa shape index (κ3) is 1.73. The van der Waals surface area contributed by atoms with Gasteiger partial charge in [0, 0.05) is 5.92 Å². The van der Waals surface area contributed by atoms with Gasteiger partial charge in [0.15, 0.2) is 5.60 Å². The van der Waals surface area contributed by atoms with E-state index < -0.39 is 0 Å². The van der Waals surface area contributed by atoms with Crippen LogP contribution in [0.2, 0.25) is 0 Å². The number of oxime groups is 1. The van der Waals surface area contributed by atoms with Crippen LogP contribution in [-0.4, -0.2) is 23.9 Å². The maximum Gasteiger partial charge on any atom is 0.309 e. The minimum atomic E-state index is -0.379. The van der Waals surface area contributed by atoms with Gasteiger partial charge in [0.05, 0.1) is 18.7 Å². The van der Waals surface area contributed by atoms with Crippen molar-refractivity contribution < 1.29 is 14.4 Å². The van der Waals surface area contributed by atoms with Crippen molar-refractivity contribution >= 4 is 11.7 Å². The first-order chi connectivity index (χ1) is 7.18. The van der Waals surface area contributed by atoms with Gasteiger partial charge >= 0.3 is 5.97 Å². The van der Waals surface area contributed by atoms with Gasteiger partial charge in [-0.05, 0) is 33.1 Å². The van der Waals surface area contributed by atoms with Crippen molar-refractivity contribution in [2.75, 3.05) is 6.61 Å². The molecule has 0 aromatic carbocycles. The monoisotopic (exact) mass is 211 g/mol. The van der Waals surface area contributed by atoms with Crippen LogP contribution in [0.5, 0.6) is 0 Å². The van der Waals surface area contributed by atoms with E-state index in [1.54, 1.807) is 0 Å². The highest BCUT2D eigenvalue weighted by atomic mass is 16.7. The molecular weight excluding hydrogens is 194 g/mol. The van der Waals surface area contributed by atoms with E-state index in [1.807, 2.05) is 13.8 Å². The quantitative estimate of drug-likeness (QED) is 0.670. The van der Waals surface area contributed by atoms with E-state index >= 15 is 0 Å². The topological polar surface area (TPSA) is 47.9 Å². The van der Waals surface area contributed by atoms with Crippen LogP contribution in [0.25, 0.3) is 0 Å². The fourth-order valence-electron chi connectivity index (χ4n) is 2.67. The van der Waals surface area contributed by atoms with Gasteiger partial charge in [-0.3, -0.25) is 4.79 Å². The summed E-state index contributed by atoms with van der Waals surface area (Å²) in [6.45, 7) is 4.22. The number of nitrogens with zero attached hydrogens (tertiary/aromatic N) is 1. The van der Waals surface area contributed by atoms with Crippen LogP contribution in [0.3, 0.4) is 0 Å². The average molecular weight is 211 g/mol. The Morgan fingerprint density at radius 2 is 2.53 bits per heavy atom. The molecule has 0 saturated heterocycles. The smallest absolute Gasteiger partial charge is 0.309 e. The maximum atomic E-state index is 11.5. The van der Waals surface area contributed by atoms with Crippen molar-refractivity contribution in [2.24, 2.45) is 11.1 Å². The van der Waals surface area contributed by atoms with Crippen LogP contribution in [0.15, 0.2) is 5.16 Å². The summed E-state index contributed by atoms with van der Waals surface area (Å²) < 4.78 is 4.97. The summed E-state index contributed by atoms with van der Waals surface area (Å²) >= 11 is 0. The van der Waals surface area contributed by atoms with Gasteiger partial charge in [0.2, 0.25) is 0 Å². The van der Waals surface area contributed by atoms with Crippen LogP contribution >= 0.6 is 0 Å². The second-order valence-electron chi connectivity index (χ2n) is 4.32. The normalized spacial score (nSPS) is 33.2. The van der Waals surface area contributed by atoms with E-state index in [9.17, 15) is 4.79 Å². The highest BCUT2D eigenvalue weighted by molar-refractivity contribution is 5.87. The number of carbonyl (C=O) groups excluding carboxylic acids is 1. The van der Waals surface area contributed by atoms with Gasteiger partial charge in [-0.1, -0.05) is 5.16 Å². The van der Waals surface area contributed by atoms with Crippen LogP contribution in [-0.2, 0) is 14.4 Å². The second kappa shape index (κ2) is 3.83. The lowest BCUT2D eigenvalue weighted by molar-refractivity contribution is -0.151. The molecular formula is C11H17NO3. The molecule has 1 fully saturated rings. The molecule has 1 heterocycles. The van der Waals surface area contributed by atoms with Gasteiger partial charge in [0.1, 0.15) is 0 Å². The minimum Gasteiger partial charge on any atom is -0.466 e. The first-order valence-electron chi connectivity index (χ1n) is 5.56. The standard InChI is InChI=1S/C11H17NO3/c1-3-14-10(13)7-11-6-4-5-9(11)8(2)12-15-11/h9H,3-7H2,1-2H3. The number of ether oxygens (including phenoxy) is 1. The molecule has 1 aliphatic heterocycles. The SMILES string of the molecule is CCOC(=O)CC12CCCC1C(C)=NO2. The predicted octanol–water partition coefficient (Wildman–Crippen LogP) is 1.88. The summed E-state index contributed by atoms with van der Waals surface area (Å²) in [4.78, 5) is 17.0. The molecule has 15 heavy (non-hydrogen) atoms. The molecule has 2 atom stereocenters. The van der Waals surface area contributed by atoms with E-state index in [1.165, 1.54) is 0 Å². The lowest BCUT2D eigenvalue weighted by Crippen LogP contribution is -2.36. The zero-order valence-corrected chi connectivity index (χ0v) is 9.28. The molecule has 4 heteroatoms. The van der Waals surface area contributed by atoms with E-state index in [4.69, 9.17) is 9.57 Å². The minimum absolute atomic E-state index is 0.172. The van der Waals surface area contributed by atoms with Gasteiger partial charge < -0.3 is 9.57 Å². The molecule has 0 amide bonds. The lowest BCUT2D eigenvalue weighted by Gasteiger charge is -2.25. The van der Waals surface area contributed by atoms with Crippen molar-refractivity contribution in [3.8, 4) is 0 Å². The average Bonchev–Trinajstić information content (AvgIpc) is 2.69. The summed E-state index contributed by atoms with van der Waals surface area (Å²) in [6.07, 6.45) is 3.44. The Bertz CT molecular complexity index is 300. The van der Waals surface area contributed by atoms with Crippen molar-refractivity contribution in [3.05, 3.63) is 0 Å². The number of esters is 1. The molecule has 84 valence electrons.